The second-order valence-corrected chi connectivity index (χ2v) is 6.96. The second kappa shape index (κ2) is 9.02. The standard InChI is InChI=1S/C21H22ClNO4/c1-26-18-9-7-15(8-10-18)12-23-13-17(20(22)24)11-19(21(23)25)27-14-16-5-3-2-4-6-16/h2-10,17,19H,11-14H2,1H3. The highest BCUT2D eigenvalue weighted by molar-refractivity contribution is 6.64. The third kappa shape index (κ3) is 5.08. The molecule has 27 heavy (non-hydrogen) atoms. The van der Waals surface area contributed by atoms with Gasteiger partial charge in [-0.1, -0.05) is 42.5 Å². The van der Waals surface area contributed by atoms with Crippen LogP contribution in [0.15, 0.2) is 54.6 Å². The van der Waals surface area contributed by atoms with E-state index in [9.17, 15) is 9.59 Å². The maximum Gasteiger partial charge on any atom is 0.252 e. The third-order valence-electron chi connectivity index (χ3n) is 4.67. The normalized spacial score (nSPS) is 19.8. The van der Waals surface area contributed by atoms with E-state index in [0.29, 0.717) is 26.1 Å². The van der Waals surface area contributed by atoms with Crippen molar-refractivity contribution in [3.05, 3.63) is 65.7 Å². The van der Waals surface area contributed by atoms with Crippen LogP contribution < -0.4 is 4.74 Å². The first kappa shape index (κ1) is 19.4. The van der Waals surface area contributed by atoms with E-state index in [1.54, 1.807) is 12.0 Å². The Bertz CT molecular complexity index is 779. The predicted molar refractivity (Wildman–Crippen MR) is 102 cm³/mol. The van der Waals surface area contributed by atoms with E-state index in [2.05, 4.69) is 0 Å². The average molecular weight is 388 g/mol. The van der Waals surface area contributed by atoms with Crippen LogP contribution in [0.4, 0.5) is 0 Å². The van der Waals surface area contributed by atoms with Gasteiger partial charge in [-0.25, -0.2) is 0 Å². The molecule has 0 spiro atoms. The smallest absolute Gasteiger partial charge is 0.252 e. The highest BCUT2D eigenvalue weighted by Gasteiger charge is 2.37. The summed E-state index contributed by atoms with van der Waals surface area (Å²) in [7, 11) is 1.61. The van der Waals surface area contributed by atoms with Gasteiger partial charge in [-0.15, -0.1) is 0 Å². The van der Waals surface area contributed by atoms with Crippen LogP contribution in [0.5, 0.6) is 5.75 Å². The van der Waals surface area contributed by atoms with Gasteiger partial charge in [0.25, 0.3) is 5.91 Å². The Morgan fingerprint density at radius 3 is 2.44 bits per heavy atom. The summed E-state index contributed by atoms with van der Waals surface area (Å²) in [6.45, 7) is 1.02. The van der Waals surface area contributed by atoms with Crippen molar-refractivity contribution in [2.45, 2.75) is 25.7 Å². The number of hydrogen-bond acceptors (Lipinski definition) is 4. The fourth-order valence-electron chi connectivity index (χ4n) is 3.16. The molecule has 0 aliphatic carbocycles. The lowest BCUT2D eigenvalue weighted by Gasteiger charge is -2.35. The molecule has 6 heteroatoms. The van der Waals surface area contributed by atoms with E-state index in [4.69, 9.17) is 21.1 Å². The number of halogens is 1. The van der Waals surface area contributed by atoms with E-state index in [1.165, 1.54) is 0 Å². The van der Waals surface area contributed by atoms with E-state index >= 15 is 0 Å². The molecule has 2 unspecified atom stereocenters. The minimum atomic E-state index is -0.676. The largest absolute Gasteiger partial charge is 0.497 e. The molecular formula is C21H22ClNO4. The van der Waals surface area contributed by atoms with Gasteiger partial charge in [0.1, 0.15) is 11.9 Å². The number of ether oxygens (including phenoxy) is 2. The molecule has 0 saturated carbocycles. The predicted octanol–water partition coefficient (Wildman–Crippen LogP) is 3.39. The number of likely N-dealkylation sites (tertiary alicyclic amines) is 1. The summed E-state index contributed by atoms with van der Waals surface area (Å²) in [4.78, 5) is 26.3. The minimum absolute atomic E-state index is 0.115. The Hall–Kier alpha value is -2.37. The first-order chi connectivity index (χ1) is 13.1. The zero-order chi connectivity index (χ0) is 19.2. The summed E-state index contributed by atoms with van der Waals surface area (Å²) in [6, 6.07) is 17.1. The van der Waals surface area contributed by atoms with Crippen molar-refractivity contribution >= 4 is 22.8 Å². The maximum atomic E-state index is 12.9. The molecule has 1 saturated heterocycles. The van der Waals surface area contributed by atoms with Gasteiger partial charge >= 0.3 is 0 Å². The number of benzene rings is 2. The molecule has 0 bridgehead atoms. The Morgan fingerprint density at radius 2 is 1.81 bits per heavy atom. The molecule has 2 aromatic carbocycles. The van der Waals surface area contributed by atoms with E-state index in [0.717, 1.165) is 16.9 Å². The molecule has 1 aliphatic heterocycles. The summed E-state index contributed by atoms with van der Waals surface area (Å²) in [6.07, 6.45) is -0.363. The summed E-state index contributed by atoms with van der Waals surface area (Å²) in [5, 5.41) is -0.435. The van der Waals surface area contributed by atoms with Crippen molar-refractivity contribution in [2.75, 3.05) is 13.7 Å². The van der Waals surface area contributed by atoms with Gasteiger partial charge in [0.05, 0.1) is 19.6 Å². The topological polar surface area (TPSA) is 55.8 Å². The molecule has 1 heterocycles. The fraction of sp³-hybridized carbons (Fsp3) is 0.333. The molecule has 1 amide bonds. The van der Waals surface area contributed by atoms with Gasteiger partial charge in [0, 0.05) is 13.1 Å². The first-order valence-corrected chi connectivity index (χ1v) is 9.21. The molecule has 5 nitrogen and oxygen atoms in total. The van der Waals surface area contributed by atoms with Crippen molar-refractivity contribution in [3.63, 3.8) is 0 Å². The van der Waals surface area contributed by atoms with Crippen LogP contribution in [0.25, 0.3) is 0 Å². The number of carbonyl (C=O) groups excluding carboxylic acids is 2. The SMILES string of the molecule is COc1ccc(CN2CC(C(=O)Cl)CC(OCc3ccccc3)C2=O)cc1. The molecule has 2 aromatic rings. The number of methoxy groups -OCH3 is 1. The molecule has 1 aliphatic rings. The highest BCUT2D eigenvalue weighted by Crippen LogP contribution is 2.25. The summed E-state index contributed by atoms with van der Waals surface area (Å²) < 4.78 is 11.0. The molecule has 0 aromatic heterocycles. The summed E-state index contributed by atoms with van der Waals surface area (Å²) >= 11 is 5.75. The van der Waals surface area contributed by atoms with Crippen molar-refractivity contribution < 1.29 is 19.1 Å². The van der Waals surface area contributed by atoms with Crippen LogP contribution in [0.1, 0.15) is 17.5 Å². The Balaban J connectivity index is 1.70. The number of nitrogens with zero attached hydrogens (tertiary/aromatic N) is 1. The lowest BCUT2D eigenvalue weighted by Crippen LogP contribution is -2.49. The number of rotatable bonds is 7. The van der Waals surface area contributed by atoms with Gasteiger partial charge in [0.15, 0.2) is 0 Å². The Kier molecular flexibility index (Phi) is 6.48. The van der Waals surface area contributed by atoms with E-state index in [1.807, 2.05) is 54.6 Å². The number of hydrogen-bond donors (Lipinski definition) is 0. The summed E-state index contributed by atoms with van der Waals surface area (Å²) in [5.74, 6) is 0.209. The Morgan fingerprint density at radius 1 is 1.11 bits per heavy atom. The van der Waals surface area contributed by atoms with Crippen molar-refractivity contribution in [1.29, 1.82) is 0 Å². The first-order valence-electron chi connectivity index (χ1n) is 8.83. The average Bonchev–Trinajstić information content (AvgIpc) is 2.69. The third-order valence-corrected chi connectivity index (χ3v) is 4.98. The van der Waals surface area contributed by atoms with E-state index in [-0.39, 0.29) is 5.91 Å². The van der Waals surface area contributed by atoms with Crippen LogP contribution in [0.2, 0.25) is 0 Å². The van der Waals surface area contributed by atoms with Crippen LogP contribution in [-0.2, 0) is 27.5 Å². The van der Waals surface area contributed by atoms with Crippen LogP contribution in [-0.4, -0.2) is 35.8 Å². The van der Waals surface area contributed by atoms with Crippen LogP contribution >= 0.6 is 11.6 Å². The molecule has 0 N–H and O–H groups in total. The van der Waals surface area contributed by atoms with E-state index < -0.39 is 17.3 Å². The maximum absolute atomic E-state index is 12.9. The van der Waals surface area contributed by atoms with Gasteiger partial charge in [0.2, 0.25) is 5.24 Å². The van der Waals surface area contributed by atoms with Crippen LogP contribution in [0, 0.1) is 5.92 Å². The zero-order valence-electron chi connectivity index (χ0n) is 15.1. The molecule has 142 valence electrons. The van der Waals surface area contributed by atoms with Gasteiger partial charge in [-0.3, -0.25) is 9.59 Å². The number of piperidine rings is 1. The van der Waals surface area contributed by atoms with Crippen molar-refractivity contribution in [3.8, 4) is 5.75 Å². The fourth-order valence-corrected chi connectivity index (χ4v) is 3.32. The number of carbonyl (C=O) groups is 2. The summed E-state index contributed by atoms with van der Waals surface area (Å²) in [5.41, 5.74) is 1.93. The van der Waals surface area contributed by atoms with Gasteiger partial charge in [-0.05, 0) is 41.3 Å². The van der Waals surface area contributed by atoms with Crippen LogP contribution in [0.3, 0.4) is 0 Å². The van der Waals surface area contributed by atoms with Crippen molar-refractivity contribution in [2.24, 2.45) is 5.92 Å². The molecule has 2 atom stereocenters. The lowest BCUT2D eigenvalue weighted by atomic mass is 9.95. The Labute approximate surface area is 163 Å². The minimum Gasteiger partial charge on any atom is -0.497 e. The molecular weight excluding hydrogens is 366 g/mol. The monoisotopic (exact) mass is 387 g/mol. The van der Waals surface area contributed by atoms with Gasteiger partial charge < -0.3 is 14.4 Å². The second-order valence-electron chi connectivity index (χ2n) is 6.59. The lowest BCUT2D eigenvalue weighted by molar-refractivity contribution is -0.153. The quantitative estimate of drug-likeness (QED) is 0.683. The molecule has 0 radical (unpaired) electrons. The number of amides is 1. The van der Waals surface area contributed by atoms with Gasteiger partial charge in [-0.2, -0.15) is 0 Å². The molecule has 3 rings (SSSR count). The zero-order valence-corrected chi connectivity index (χ0v) is 15.9. The highest BCUT2D eigenvalue weighted by atomic mass is 35.5. The molecule has 1 fully saturated rings. The van der Waals surface area contributed by atoms with Crippen molar-refractivity contribution in [1.82, 2.24) is 4.90 Å².